The number of rotatable bonds is 7. The highest BCUT2D eigenvalue weighted by Crippen LogP contribution is 2.38. The first kappa shape index (κ1) is 15.8. The second-order valence-electron chi connectivity index (χ2n) is 5.74. The SMILES string of the molecule is Nc1nc(CSCc2nc(C3CC3)no2)nc(Nc2ccccc2)n1. The fourth-order valence-electron chi connectivity index (χ4n) is 2.27. The van der Waals surface area contributed by atoms with Gasteiger partial charge in [-0.2, -0.15) is 19.9 Å². The third kappa shape index (κ3) is 4.24. The van der Waals surface area contributed by atoms with Crippen molar-refractivity contribution in [1.29, 1.82) is 0 Å². The molecule has 0 atom stereocenters. The summed E-state index contributed by atoms with van der Waals surface area (Å²) < 4.78 is 5.26. The minimum Gasteiger partial charge on any atom is -0.368 e. The van der Waals surface area contributed by atoms with Crippen LogP contribution in [0.1, 0.15) is 36.3 Å². The fraction of sp³-hybridized carbons (Fsp3) is 0.312. The van der Waals surface area contributed by atoms with E-state index in [1.807, 2.05) is 30.3 Å². The van der Waals surface area contributed by atoms with Crippen molar-refractivity contribution in [1.82, 2.24) is 25.1 Å². The number of aromatic nitrogens is 5. The molecule has 1 saturated carbocycles. The van der Waals surface area contributed by atoms with Crippen molar-refractivity contribution >= 4 is 29.3 Å². The number of nitrogens with zero attached hydrogens (tertiary/aromatic N) is 5. The van der Waals surface area contributed by atoms with E-state index in [4.69, 9.17) is 10.3 Å². The Bertz CT molecular complexity index is 851. The predicted molar refractivity (Wildman–Crippen MR) is 95.2 cm³/mol. The van der Waals surface area contributed by atoms with E-state index in [1.165, 1.54) is 0 Å². The maximum absolute atomic E-state index is 5.79. The van der Waals surface area contributed by atoms with Crippen LogP contribution in [-0.2, 0) is 11.5 Å². The zero-order valence-electron chi connectivity index (χ0n) is 13.4. The zero-order valence-corrected chi connectivity index (χ0v) is 14.2. The summed E-state index contributed by atoms with van der Waals surface area (Å²) in [5.74, 6) is 4.39. The highest BCUT2D eigenvalue weighted by Gasteiger charge is 2.28. The number of nitrogens with two attached hydrogens (primary N) is 1. The van der Waals surface area contributed by atoms with Gasteiger partial charge in [-0.3, -0.25) is 0 Å². The molecule has 8 nitrogen and oxygen atoms in total. The van der Waals surface area contributed by atoms with Crippen LogP contribution in [0.2, 0.25) is 0 Å². The Balaban J connectivity index is 1.36. The number of hydrogen-bond donors (Lipinski definition) is 2. The monoisotopic (exact) mass is 355 g/mol. The molecule has 128 valence electrons. The van der Waals surface area contributed by atoms with Crippen LogP contribution in [0.25, 0.3) is 0 Å². The maximum Gasteiger partial charge on any atom is 0.236 e. The van der Waals surface area contributed by atoms with E-state index in [1.54, 1.807) is 11.8 Å². The number of anilines is 3. The van der Waals surface area contributed by atoms with E-state index >= 15 is 0 Å². The summed E-state index contributed by atoms with van der Waals surface area (Å²) in [6.07, 6.45) is 2.32. The van der Waals surface area contributed by atoms with Gasteiger partial charge in [-0.15, -0.1) is 11.8 Å². The summed E-state index contributed by atoms with van der Waals surface area (Å²) >= 11 is 1.60. The Morgan fingerprint density at radius 1 is 1.08 bits per heavy atom. The van der Waals surface area contributed by atoms with Gasteiger partial charge in [0, 0.05) is 11.6 Å². The third-order valence-corrected chi connectivity index (χ3v) is 4.53. The van der Waals surface area contributed by atoms with Gasteiger partial charge < -0.3 is 15.6 Å². The molecule has 9 heteroatoms. The van der Waals surface area contributed by atoms with Crippen molar-refractivity contribution in [3.63, 3.8) is 0 Å². The molecule has 1 aromatic carbocycles. The van der Waals surface area contributed by atoms with Crippen LogP contribution in [0.15, 0.2) is 34.9 Å². The molecule has 2 heterocycles. The first-order valence-corrected chi connectivity index (χ1v) is 9.14. The van der Waals surface area contributed by atoms with Crippen LogP contribution < -0.4 is 11.1 Å². The summed E-state index contributed by atoms with van der Waals surface area (Å²) in [6, 6.07) is 9.68. The molecule has 0 spiro atoms. The van der Waals surface area contributed by atoms with Crippen molar-refractivity contribution in [2.24, 2.45) is 0 Å². The lowest BCUT2D eigenvalue weighted by Gasteiger charge is -2.06. The van der Waals surface area contributed by atoms with E-state index in [0.717, 1.165) is 24.4 Å². The third-order valence-electron chi connectivity index (χ3n) is 3.61. The zero-order chi connectivity index (χ0) is 17.1. The Morgan fingerprint density at radius 2 is 1.92 bits per heavy atom. The predicted octanol–water partition coefficient (Wildman–Crippen LogP) is 2.89. The minimum absolute atomic E-state index is 0.192. The number of hydrogen-bond acceptors (Lipinski definition) is 9. The molecular formula is C16H17N7OS. The highest BCUT2D eigenvalue weighted by atomic mass is 32.2. The van der Waals surface area contributed by atoms with Crippen LogP contribution in [0.3, 0.4) is 0 Å². The Morgan fingerprint density at radius 3 is 2.72 bits per heavy atom. The van der Waals surface area contributed by atoms with Gasteiger partial charge in [0.25, 0.3) is 0 Å². The van der Waals surface area contributed by atoms with Gasteiger partial charge >= 0.3 is 0 Å². The molecule has 2 aromatic heterocycles. The van der Waals surface area contributed by atoms with Crippen molar-refractivity contribution in [3.05, 3.63) is 47.9 Å². The lowest BCUT2D eigenvalue weighted by Crippen LogP contribution is -2.06. The van der Waals surface area contributed by atoms with Gasteiger partial charge in [-0.05, 0) is 25.0 Å². The number of benzene rings is 1. The summed E-state index contributed by atoms with van der Waals surface area (Å²) in [4.78, 5) is 17.1. The molecule has 25 heavy (non-hydrogen) atoms. The normalized spacial score (nSPS) is 13.8. The van der Waals surface area contributed by atoms with Gasteiger partial charge in [0.2, 0.25) is 17.8 Å². The molecule has 4 rings (SSSR count). The van der Waals surface area contributed by atoms with E-state index in [2.05, 4.69) is 30.4 Å². The molecule has 3 N–H and O–H groups in total. The molecule has 3 aromatic rings. The highest BCUT2D eigenvalue weighted by molar-refractivity contribution is 7.97. The number of nitrogens with one attached hydrogen (secondary N) is 1. The molecule has 1 aliphatic rings. The molecule has 0 amide bonds. The maximum atomic E-state index is 5.79. The van der Waals surface area contributed by atoms with E-state index in [0.29, 0.717) is 35.1 Å². The Labute approximate surface area is 148 Å². The van der Waals surface area contributed by atoms with Crippen molar-refractivity contribution in [2.75, 3.05) is 11.1 Å². The van der Waals surface area contributed by atoms with Crippen LogP contribution >= 0.6 is 11.8 Å². The summed E-state index contributed by atoms with van der Waals surface area (Å²) in [7, 11) is 0. The molecule has 1 fully saturated rings. The summed E-state index contributed by atoms with van der Waals surface area (Å²) in [6.45, 7) is 0. The topological polar surface area (TPSA) is 116 Å². The standard InChI is InChI=1S/C16H17N7OS/c17-15-19-12(20-16(22-15)18-11-4-2-1-3-5-11)8-25-9-13-21-14(23-24-13)10-6-7-10/h1-5,10H,6-9H2,(H3,17,18,19,20,22). The first-order chi connectivity index (χ1) is 12.3. The van der Waals surface area contributed by atoms with Crippen LogP contribution in [-0.4, -0.2) is 25.1 Å². The number of para-hydroxylation sites is 1. The minimum atomic E-state index is 0.192. The van der Waals surface area contributed by atoms with Crippen molar-refractivity contribution < 1.29 is 4.52 Å². The van der Waals surface area contributed by atoms with E-state index in [9.17, 15) is 0 Å². The average molecular weight is 355 g/mol. The molecule has 0 aliphatic heterocycles. The van der Waals surface area contributed by atoms with Gasteiger partial charge in [-0.25, -0.2) is 0 Å². The number of thioether (sulfide) groups is 1. The lowest BCUT2D eigenvalue weighted by molar-refractivity contribution is 0.385. The molecule has 0 bridgehead atoms. The summed E-state index contributed by atoms with van der Waals surface area (Å²) in [5, 5.41) is 7.13. The average Bonchev–Trinajstić information content (AvgIpc) is 3.35. The molecule has 0 radical (unpaired) electrons. The molecule has 0 saturated heterocycles. The van der Waals surface area contributed by atoms with Gasteiger partial charge in [-0.1, -0.05) is 23.4 Å². The second-order valence-corrected chi connectivity index (χ2v) is 6.72. The second kappa shape index (κ2) is 7.06. The fourth-order valence-corrected chi connectivity index (χ4v) is 2.98. The van der Waals surface area contributed by atoms with Gasteiger partial charge in [0.05, 0.1) is 11.5 Å². The van der Waals surface area contributed by atoms with Crippen LogP contribution in [0.4, 0.5) is 17.6 Å². The van der Waals surface area contributed by atoms with E-state index in [-0.39, 0.29) is 5.95 Å². The van der Waals surface area contributed by atoms with E-state index < -0.39 is 0 Å². The number of nitrogen functional groups attached to an aromatic ring is 1. The van der Waals surface area contributed by atoms with Crippen LogP contribution in [0.5, 0.6) is 0 Å². The van der Waals surface area contributed by atoms with Gasteiger partial charge in [0.15, 0.2) is 5.82 Å². The Hall–Kier alpha value is -2.68. The smallest absolute Gasteiger partial charge is 0.236 e. The summed E-state index contributed by atoms with van der Waals surface area (Å²) in [5.41, 5.74) is 6.68. The van der Waals surface area contributed by atoms with Crippen molar-refractivity contribution in [2.45, 2.75) is 30.3 Å². The largest absolute Gasteiger partial charge is 0.368 e. The Kier molecular flexibility index (Phi) is 4.47. The molecule has 0 unspecified atom stereocenters. The first-order valence-electron chi connectivity index (χ1n) is 7.99. The quantitative estimate of drug-likeness (QED) is 0.660. The van der Waals surface area contributed by atoms with Gasteiger partial charge in [0.1, 0.15) is 5.82 Å². The molecule has 1 aliphatic carbocycles. The lowest BCUT2D eigenvalue weighted by atomic mass is 10.3. The van der Waals surface area contributed by atoms with Crippen molar-refractivity contribution in [3.8, 4) is 0 Å². The molecular weight excluding hydrogens is 338 g/mol. The van der Waals surface area contributed by atoms with Crippen LogP contribution in [0, 0.1) is 0 Å².